The molecule has 0 amide bonds. The van der Waals surface area contributed by atoms with E-state index in [1.54, 1.807) is 0 Å². The monoisotopic (exact) mass is 201 g/mol. The molecule has 0 aromatic rings. The number of thioether (sulfide) groups is 1. The molecular weight excluding hydrogens is 186 g/mol. The van der Waals surface area contributed by atoms with Crippen molar-refractivity contribution in [1.29, 1.82) is 0 Å². The summed E-state index contributed by atoms with van der Waals surface area (Å²) in [5.41, 5.74) is 6.89. The number of hydrogen-bond acceptors (Lipinski definition) is 4. The molecule has 0 radical (unpaired) electrons. The molecule has 1 fully saturated rings. The summed E-state index contributed by atoms with van der Waals surface area (Å²) in [6, 6.07) is -0.580. The summed E-state index contributed by atoms with van der Waals surface area (Å²) >= 11 is 1.94. The van der Waals surface area contributed by atoms with Crippen molar-refractivity contribution in [2.75, 3.05) is 18.6 Å². The van der Waals surface area contributed by atoms with Gasteiger partial charge in [-0.05, 0) is 24.3 Å². The topological polar surface area (TPSA) is 52.3 Å². The van der Waals surface area contributed by atoms with E-state index in [1.165, 1.54) is 12.7 Å². The quantitative estimate of drug-likeness (QED) is 0.533. The minimum atomic E-state index is -0.580. The van der Waals surface area contributed by atoms with Gasteiger partial charge in [0.25, 0.3) is 0 Å². The molecule has 2 N–H and O–H groups in total. The highest BCUT2D eigenvalue weighted by Gasteiger charge is 2.13. The zero-order valence-corrected chi connectivity index (χ0v) is 8.60. The van der Waals surface area contributed by atoms with Gasteiger partial charge >= 0.3 is 5.97 Å². The van der Waals surface area contributed by atoms with Gasteiger partial charge in [0.1, 0.15) is 6.04 Å². The Morgan fingerprint density at radius 1 is 1.62 bits per heavy atom. The van der Waals surface area contributed by atoms with Gasteiger partial charge in [0.15, 0.2) is 0 Å². The predicted molar refractivity (Wildman–Crippen MR) is 54.6 cm³/mol. The van der Waals surface area contributed by atoms with Crippen LogP contribution in [0.2, 0.25) is 0 Å². The van der Waals surface area contributed by atoms with E-state index in [4.69, 9.17) is 5.73 Å². The third-order valence-electron chi connectivity index (χ3n) is 2.02. The maximum absolute atomic E-state index is 11.0. The van der Waals surface area contributed by atoms with Gasteiger partial charge in [-0.25, -0.2) is 0 Å². The first-order chi connectivity index (χ1) is 6.24. The number of rotatable bonds is 2. The summed E-state index contributed by atoms with van der Waals surface area (Å²) < 4.78 is 4.54. The fourth-order valence-electron chi connectivity index (χ4n) is 1.26. The lowest BCUT2D eigenvalue weighted by Crippen LogP contribution is -2.30. The Kier molecular flexibility index (Phi) is 4.32. The molecule has 0 aromatic carbocycles. The molecule has 13 heavy (non-hydrogen) atoms. The first-order valence-electron chi connectivity index (χ1n) is 4.34. The SMILES string of the molecule is COC(=O)C(N)C=C1CCSCC1. The van der Waals surface area contributed by atoms with Crippen LogP contribution in [-0.2, 0) is 9.53 Å². The van der Waals surface area contributed by atoms with Crippen molar-refractivity contribution in [2.45, 2.75) is 18.9 Å². The summed E-state index contributed by atoms with van der Waals surface area (Å²) in [5, 5.41) is 0. The van der Waals surface area contributed by atoms with Crippen molar-refractivity contribution in [3.8, 4) is 0 Å². The van der Waals surface area contributed by atoms with Crippen molar-refractivity contribution in [3.63, 3.8) is 0 Å². The average Bonchev–Trinajstić information content (AvgIpc) is 2.18. The molecule has 1 rings (SSSR count). The zero-order chi connectivity index (χ0) is 9.68. The number of allylic oxidation sites excluding steroid dienone is 1. The lowest BCUT2D eigenvalue weighted by Gasteiger charge is -2.14. The Balaban J connectivity index is 2.47. The lowest BCUT2D eigenvalue weighted by atomic mass is 10.1. The van der Waals surface area contributed by atoms with Crippen molar-refractivity contribution in [2.24, 2.45) is 5.73 Å². The molecule has 4 heteroatoms. The molecule has 1 saturated heterocycles. The van der Waals surface area contributed by atoms with Gasteiger partial charge in [-0.1, -0.05) is 11.6 Å². The van der Waals surface area contributed by atoms with Gasteiger partial charge in [0.05, 0.1) is 7.11 Å². The second-order valence-electron chi connectivity index (χ2n) is 2.99. The third-order valence-corrected chi connectivity index (χ3v) is 3.01. The molecular formula is C9H15NO2S. The van der Waals surface area contributed by atoms with E-state index < -0.39 is 6.04 Å². The van der Waals surface area contributed by atoms with Crippen LogP contribution in [0.15, 0.2) is 11.6 Å². The summed E-state index contributed by atoms with van der Waals surface area (Å²) in [5.74, 6) is 1.92. The number of carbonyl (C=O) groups excluding carboxylic acids is 1. The highest BCUT2D eigenvalue weighted by molar-refractivity contribution is 7.99. The van der Waals surface area contributed by atoms with E-state index in [0.29, 0.717) is 0 Å². The van der Waals surface area contributed by atoms with Gasteiger partial charge < -0.3 is 10.5 Å². The molecule has 3 nitrogen and oxygen atoms in total. The van der Waals surface area contributed by atoms with E-state index >= 15 is 0 Å². The van der Waals surface area contributed by atoms with Gasteiger partial charge in [-0.15, -0.1) is 0 Å². The van der Waals surface area contributed by atoms with Crippen LogP contribution in [0, 0.1) is 0 Å². The van der Waals surface area contributed by atoms with Crippen molar-refractivity contribution >= 4 is 17.7 Å². The first kappa shape index (κ1) is 10.6. The molecule has 0 bridgehead atoms. The average molecular weight is 201 g/mol. The van der Waals surface area contributed by atoms with Crippen molar-refractivity contribution in [3.05, 3.63) is 11.6 Å². The van der Waals surface area contributed by atoms with Crippen LogP contribution in [0.4, 0.5) is 0 Å². The zero-order valence-electron chi connectivity index (χ0n) is 7.79. The van der Waals surface area contributed by atoms with Crippen LogP contribution in [0.25, 0.3) is 0 Å². The van der Waals surface area contributed by atoms with Crippen LogP contribution in [-0.4, -0.2) is 30.6 Å². The molecule has 74 valence electrons. The Morgan fingerprint density at radius 3 is 2.77 bits per heavy atom. The molecule has 1 atom stereocenters. The summed E-state index contributed by atoms with van der Waals surface area (Å²) in [6.07, 6.45) is 3.94. The van der Waals surface area contributed by atoms with E-state index in [-0.39, 0.29) is 5.97 Å². The number of carbonyl (C=O) groups is 1. The maximum atomic E-state index is 11.0. The number of esters is 1. The molecule has 1 unspecified atom stereocenters. The van der Waals surface area contributed by atoms with Gasteiger partial charge in [0, 0.05) is 0 Å². The Bertz CT molecular complexity index is 208. The third kappa shape index (κ3) is 3.40. The van der Waals surface area contributed by atoms with Crippen LogP contribution in [0.3, 0.4) is 0 Å². The van der Waals surface area contributed by atoms with E-state index in [9.17, 15) is 4.79 Å². The van der Waals surface area contributed by atoms with Gasteiger partial charge in [0.2, 0.25) is 0 Å². The first-order valence-corrected chi connectivity index (χ1v) is 5.50. The van der Waals surface area contributed by atoms with E-state index in [0.717, 1.165) is 24.3 Å². The molecule has 1 heterocycles. The molecule has 0 spiro atoms. The van der Waals surface area contributed by atoms with Crippen LogP contribution < -0.4 is 5.73 Å². The highest BCUT2D eigenvalue weighted by Crippen LogP contribution is 2.21. The Labute approximate surface area is 82.7 Å². The lowest BCUT2D eigenvalue weighted by molar-refractivity contribution is -0.140. The fraction of sp³-hybridized carbons (Fsp3) is 0.667. The largest absolute Gasteiger partial charge is 0.468 e. The molecule has 0 aromatic heterocycles. The fourth-order valence-corrected chi connectivity index (χ4v) is 2.28. The predicted octanol–water partition coefficient (Wildman–Crippen LogP) is 0.940. The van der Waals surface area contributed by atoms with Crippen LogP contribution in [0.5, 0.6) is 0 Å². The van der Waals surface area contributed by atoms with Crippen molar-refractivity contribution in [1.82, 2.24) is 0 Å². The second-order valence-corrected chi connectivity index (χ2v) is 4.21. The molecule has 1 aliphatic rings. The standard InChI is InChI=1S/C9H15NO2S/c1-12-9(11)8(10)6-7-2-4-13-5-3-7/h6,8H,2-5,10H2,1H3. The normalized spacial score (nSPS) is 19.4. The van der Waals surface area contributed by atoms with E-state index in [1.807, 2.05) is 17.8 Å². The number of nitrogens with two attached hydrogens (primary N) is 1. The Morgan fingerprint density at radius 2 is 2.23 bits per heavy atom. The van der Waals surface area contributed by atoms with Gasteiger partial charge in [-0.3, -0.25) is 4.79 Å². The minimum Gasteiger partial charge on any atom is -0.468 e. The van der Waals surface area contributed by atoms with Crippen LogP contribution >= 0.6 is 11.8 Å². The number of methoxy groups -OCH3 is 1. The number of hydrogen-bond donors (Lipinski definition) is 1. The van der Waals surface area contributed by atoms with E-state index in [2.05, 4.69) is 4.74 Å². The van der Waals surface area contributed by atoms with Crippen molar-refractivity contribution < 1.29 is 9.53 Å². The minimum absolute atomic E-state index is 0.356. The number of ether oxygens (including phenoxy) is 1. The molecule has 0 saturated carbocycles. The van der Waals surface area contributed by atoms with Gasteiger partial charge in [-0.2, -0.15) is 11.8 Å². The second kappa shape index (κ2) is 5.29. The molecule has 1 aliphatic heterocycles. The molecule has 0 aliphatic carbocycles. The van der Waals surface area contributed by atoms with Crippen LogP contribution in [0.1, 0.15) is 12.8 Å². The summed E-state index contributed by atoms with van der Waals surface area (Å²) in [7, 11) is 1.36. The smallest absolute Gasteiger partial charge is 0.326 e. The highest BCUT2D eigenvalue weighted by atomic mass is 32.2. The summed E-state index contributed by atoms with van der Waals surface area (Å²) in [4.78, 5) is 11.0. The maximum Gasteiger partial charge on any atom is 0.326 e. The summed E-state index contributed by atoms with van der Waals surface area (Å²) in [6.45, 7) is 0. The Hall–Kier alpha value is -0.480.